The molecule has 0 saturated carbocycles. The first kappa shape index (κ1) is 11.9. The van der Waals surface area contributed by atoms with Crippen LogP contribution in [0.25, 0.3) is 0 Å². The number of aromatic nitrogens is 2. The Bertz CT molecular complexity index is 296. The summed E-state index contributed by atoms with van der Waals surface area (Å²) in [7, 11) is 1.94. The molecule has 4 heteroatoms. The molecule has 0 amide bonds. The number of aliphatic hydroxyl groups excluding tert-OH is 1. The Hall–Kier alpha value is -1.13. The molecule has 0 aliphatic heterocycles. The topological polar surface area (TPSA) is 41.3 Å². The van der Waals surface area contributed by atoms with E-state index in [1.165, 1.54) is 5.69 Å². The normalized spacial score (nSPS) is 10.9. The van der Waals surface area contributed by atoms with Gasteiger partial charge < -0.3 is 5.11 Å². The van der Waals surface area contributed by atoms with E-state index in [0.29, 0.717) is 6.54 Å². The summed E-state index contributed by atoms with van der Waals surface area (Å²) in [5.41, 5.74) is 1.21. The SMILES string of the molecule is C=CCN(CCO)CCc1ccnn1C. The van der Waals surface area contributed by atoms with Gasteiger partial charge in [-0.3, -0.25) is 9.58 Å². The van der Waals surface area contributed by atoms with Crippen LogP contribution in [0.2, 0.25) is 0 Å². The molecular weight excluding hydrogens is 190 g/mol. The molecule has 0 radical (unpaired) electrons. The number of hydrogen-bond acceptors (Lipinski definition) is 3. The number of hydrogen-bond donors (Lipinski definition) is 1. The Morgan fingerprint density at radius 2 is 2.40 bits per heavy atom. The molecule has 0 saturated heterocycles. The largest absolute Gasteiger partial charge is 0.395 e. The molecule has 0 fully saturated rings. The van der Waals surface area contributed by atoms with Crippen LogP contribution in [0.15, 0.2) is 24.9 Å². The van der Waals surface area contributed by atoms with Gasteiger partial charge in [0, 0.05) is 45.0 Å². The Kier molecular flexibility index (Phi) is 5.07. The maximum Gasteiger partial charge on any atom is 0.0558 e. The second-order valence-electron chi connectivity index (χ2n) is 3.51. The van der Waals surface area contributed by atoms with Crippen LogP contribution in [0, 0.1) is 0 Å². The molecule has 84 valence electrons. The molecule has 0 aliphatic carbocycles. The van der Waals surface area contributed by atoms with Crippen molar-refractivity contribution >= 4 is 0 Å². The van der Waals surface area contributed by atoms with Gasteiger partial charge in [-0.15, -0.1) is 6.58 Å². The average Bonchev–Trinajstić information content (AvgIpc) is 2.61. The van der Waals surface area contributed by atoms with E-state index in [2.05, 4.69) is 16.6 Å². The summed E-state index contributed by atoms with van der Waals surface area (Å²) in [6.07, 6.45) is 4.61. The molecule has 0 spiro atoms. The van der Waals surface area contributed by atoms with Crippen molar-refractivity contribution in [1.29, 1.82) is 0 Å². The summed E-state index contributed by atoms with van der Waals surface area (Å²) in [5, 5.41) is 13.0. The van der Waals surface area contributed by atoms with Crippen LogP contribution in [-0.4, -0.2) is 46.0 Å². The Morgan fingerprint density at radius 3 is 2.93 bits per heavy atom. The highest BCUT2D eigenvalue weighted by atomic mass is 16.3. The Balaban J connectivity index is 2.39. The number of nitrogens with zero attached hydrogens (tertiary/aromatic N) is 3. The van der Waals surface area contributed by atoms with Crippen molar-refractivity contribution < 1.29 is 5.11 Å². The highest BCUT2D eigenvalue weighted by Gasteiger charge is 2.04. The molecule has 1 aromatic heterocycles. The van der Waals surface area contributed by atoms with Crippen LogP contribution in [0.5, 0.6) is 0 Å². The molecule has 1 N–H and O–H groups in total. The van der Waals surface area contributed by atoms with Crippen molar-refractivity contribution in [3.8, 4) is 0 Å². The van der Waals surface area contributed by atoms with E-state index in [9.17, 15) is 0 Å². The lowest BCUT2D eigenvalue weighted by atomic mass is 10.3. The monoisotopic (exact) mass is 209 g/mol. The van der Waals surface area contributed by atoms with Gasteiger partial charge in [0.05, 0.1) is 6.61 Å². The molecule has 15 heavy (non-hydrogen) atoms. The van der Waals surface area contributed by atoms with E-state index >= 15 is 0 Å². The number of aryl methyl sites for hydroxylation is 1. The zero-order valence-electron chi connectivity index (χ0n) is 9.26. The zero-order chi connectivity index (χ0) is 11.1. The van der Waals surface area contributed by atoms with Crippen LogP contribution in [-0.2, 0) is 13.5 Å². The Morgan fingerprint density at radius 1 is 1.60 bits per heavy atom. The molecule has 0 aliphatic rings. The first-order valence-corrected chi connectivity index (χ1v) is 5.19. The van der Waals surface area contributed by atoms with E-state index in [1.54, 1.807) is 6.20 Å². The predicted octanol–water partition coefficient (Wildman–Crippen LogP) is 0.443. The van der Waals surface area contributed by atoms with Gasteiger partial charge in [-0.2, -0.15) is 5.10 Å². The summed E-state index contributed by atoms with van der Waals surface area (Å²) in [5.74, 6) is 0. The van der Waals surface area contributed by atoms with Crippen molar-refractivity contribution in [3.63, 3.8) is 0 Å². The molecule has 1 aromatic rings. The van der Waals surface area contributed by atoms with Crippen LogP contribution in [0.4, 0.5) is 0 Å². The van der Waals surface area contributed by atoms with Gasteiger partial charge in [-0.25, -0.2) is 0 Å². The second-order valence-corrected chi connectivity index (χ2v) is 3.51. The second kappa shape index (κ2) is 6.37. The van der Waals surface area contributed by atoms with Gasteiger partial charge in [-0.1, -0.05) is 6.08 Å². The van der Waals surface area contributed by atoms with E-state index in [1.807, 2.05) is 23.9 Å². The highest BCUT2D eigenvalue weighted by Crippen LogP contribution is 1.99. The third-order valence-electron chi connectivity index (χ3n) is 2.41. The van der Waals surface area contributed by atoms with Crippen LogP contribution in [0.3, 0.4) is 0 Å². The maximum absolute atomic E-state index is 8.88. The van der Waals surface area contributed by atoms with Crippen molar-refractivity contribution in [3.05, 3.63) is 30.6 Å². The Labute approximate surface area is 90.8 Å². The summed E-state index contributed by atoms with van der Waals surface area (Å²) in [4.78, 5) is 2.17. The minimum atomic E-state index is 0.194. The fraction of sp³-hybridized carbons (Fsp3) is 0.545. The van der Waals surface area contributed by atoms with Crippen molar-refractivity contribution in [2.75, 3.05) is 26.2 Å². The van der Waals surface area contributed by atoms with Crippen molar-refractivity contribution in [2.45, 2.75) is 6.42 Å². The standard InChI is InChI=1S/C11H19N3O/c1-3-7-14(9-10-15)8-5-11-4-6-12-13(11)2/h3-4,6,15H,1,5,7-10H2,2H3. The minimum absolute atomic E-state index is 0.194. The molecule has 1 heterocycles. The van der Waals surface area contributed by atoms with Gasteiger partial charge in [-0.05, 0) is 6.07 Å². The summed E-state index contributed by atoms with van der Waals surface area (Å²) in [6, 6.07) is 2.02. The predicted molar refractivity (Wildman–Crippen MR) is 60.6 cm³/mol. The third kappa shape index (κ3) is 3.85. The molecule has 0 aromatic carbocycles. The first-order chi connectivity index (χ1) is 7.27. The van der Waals surface area contributed by atoms with E-state index < -0.39 is 0 Å². The smallest absolute Gasteiger partial charge is 0.0558 e. The lowest BCUT2D eigenvalue weighted by Gasteiger charge is -2.19. The summed E-state index contributed by atoms with van der Waals surface area (Å²) < 4.78 is 1.88. The molecule has 4 nitrogen and oxygen atoms in total. The molecule has 1 rings (SSSR count). The van der Waals surface area contributed by atoms with Crippen molar-refractivity contribution in [2.24, 2.45) is 7.05 Å². The average molecular weight is 209 g/mol. The minimum Gasteiger partial charge on any atom is -0.395 e. The fourth-order valence-corrected chi connectivity index (χ4v) is 1.54. The van der Waals surface area contributed by atoms with Crippen molar-refractivity contribution in [1.82, 2.24) is 14.7 Å². The highest BCUT2D eigenvalue weighted by molar-refractivity contribution is 5.00. The van der Waals surface area contributed by atoms with E-state index in [-0.39, 0.29) is 6.61 Å². The summed E-state index contributed by atoms with van der Waals surface area (Å²) >= 11 is 0. The lowest BCUT2D eigenvalue weighted by Crippen LogP contribution is -2.29. The van der Waals surface area contributed by atoms with Gasteiger partial charge >= 0.3 is 0 Å². The number of rotatable bonds is 7. The molecule has 0 bridgehead atoms. The number of aliphatic hydroxyl groups is 1. The van der Waals surface area contributed by atoms with Gasteiger partial charge in [0.2, 0.25) is 0 Å². The summed E-state index contributed by atoms with van der Waals surface area (Å²) in [6.45, 7) is 6.34. The van der Waals surface area contributed by atoms with Gasteiger partial charge in [0.1, 0.15) is 0 Å². The van der Waals surface area contributed by atoms with E-state index in [4.69, 9.17) is 5.11 Å². The third-order valence-corrected chi connectivity index (χ3v) is 2.41. The lowest BCUT2D eigenvalue weighted by molar-refractivity contribution is 0.209. The fourth-order valence-electron chi connectivity index (χ4n) is 1.54. The first-order valence-electron chi connectivity index (χ1n) is 5.19. The molecule has 0 unspecified atom stereocenters. The molecule has 0 atom stereocenters. The van der Waals surface area contributed by atoms with Crippen LogP contribution in [0.1, 0.15) is 5.69 Å². The zero-order valence-corrected chi connectivity index (χ0v) is 9.26. The molecular formula is C11H19N3O. The maximum atomic E-state index is 8.88. The quantitative estimate of drug-likeness (QED) is 0.663. The van der Waals surface area contributed by atoms with Gasteiger partial charge in [0.15, 0.2) is 0 Å². The van der Waals surface area contributed by atoms with E-state index in [0.717, 1.165) is 19.5 Å². The van der Waals surface area contributed by atoms with Crippen LogP contribution < -0.4 is 0 Å². The van der Waals surface area contributed by atoms with Crippen LogP contribution >= 0.6 is 0 Å². The van der Waals surface area contributed by atoms with Gasteiger partial charge in [0.25, 0.3) is 0 Å².